The highest BCUT2D eigenvalue weighted by molar-refractivity contribution is 5.29. The molecule has 0 bridgehead atoms. The van der Waals surface area contributed by atoms with Gasteiger partial charge in [0, 0.05) is 5.92 Å². The number of rotatable bonds is 4. The van der Waals surface area contributed by atoms with E-state index in [9.17, 15) is 0 Å². The van der Waals surface area contributed by atoms with Crippen LogP contribution in [-0.2, 0) is 6.42 Å². The molecule has 0 heteroatoms. The van der Waals surface area contributed by atoms with E-state index >= 15 is 0 Å². The van der Waals surface area contributed by atoms with Crippen molar-refractivity contribution in [3.05, 3.63) is 55.0 Å². The van der Waals surface area contributed by atoms with E-state index in [1.807, 2.05) is 6.08 Å². The Morgan fingerprint density at radius 1 is 1.46 bits per heavy atom. The molecule has 1 radical (unpaired) electrons. The van der Waals surface area contributed by atoms with Crippen LogP contribution in [0, 0.1) is 6.92 Å². The molecular formula is C13H17. The van der Waals surface area contributed by atoms with Gasteiger partial charge in [-0.1, -0.05) is 43.7 Å². The van der Waals surface area contributed by atoms with Crippen molar-refractivity contribution < 1.29 is 0 Å². The first kappa shape index (κ1) is 10.0. The quantitative estimate of drug-likeness (QED) is 0.608. The Balaban J connectivity index is 2.84. The van der Waals surface area contributed by atoms with E-state index in [4.69, 9.17) is 0 Å². The molecule has 0 aliphatic rings. The van der Waals surface area contributed by atoms with Gasteiger partial charge in [0.1, 0.15) is 0 Å². The van der Waals surface area contributed by atoms with Gasteiger partial charge >= 0.3 is 0 Å². The molecule has 13 heavy (non-hydrogen) atoms. The van der Waals surface area contributed by atoms with Gasteiger partial charge in [-0.3, -0.25) is 0 Å². The number of aryl methyl sites for hydroxylation is 1. The average molecular weight is 173 g/mol. The fourth-order valence-electron chi connectivity index (χ4n) is 1.40. The number of hydrogen-bond acceptors (Lipinski definition) is 0. The molecular weight excluding hydrogens is 156 g/mol. The highest BCUT2D eigenvalue weighted by atomic mass is 14.1. The molecule has 0 fully saturated rings. The van der Waals surface area contributed by atoms with Crippen LogP contribution in [0.5, 0.6) is 0 Å². The number of allylic oxidation sites excluding steroid dienone is 1. The standard InChI is InChI=1S/C13H17/c1-4-7-12-8-6-9-13(10-12)11(3)5-2/h5-6,8-11H,2-4,7H2,1H3. The van der Waals surface area contributed by atoms with Gasteiger partial charge in [0.15, 0.2) is 0 Å². The molecule has 69 valence electrons. The third-order valence-corrected chi connectivity index (χ3v) is 2.20. The van der Waals surface area contributed by atoms with Crippen molar-refractivity contribution in [2.75, 3.05) is 0 Å². The van der Waals surface area contributed by atoms with E-state index in [0.29, 0.717) is 0 Å². The van der Waals surface area contributed by atoms with Crippen LogP contribution in [0.4, 0.5) is 0 Å². The van der Waals surface area contributed by atoms with Crippen LogP contribution in [0.1, 0.15) is 30.4 Å². The zero-order chi connectivity index (χ0) is 9.68. The van der Waals surface area contributed by atoms with E-state index in [1.165, 1.54) is 17.5 Å². The van der Waals surface area contributed by atoms with Gasteiger partial charge in [-0.05, 0) is 24.5 Å². The average Bonchev–Trinajstić information content (AvgIpc) is 2.18. The highest BCUT2D eigenvalue weighted by Crippen LogP contribution is 2.17. The molecule has 0 heterocycles. The molecule has 0 amide bonds. The second kappa shape index (κ2) is 4.86. The molecule has 0 N–H and O–H groups in total. The lowest BCUT2D eigenvalue weighted by molar-refractivity contribution is 0.915. The van der Waals surface area contributed by atoms with Crippen LogP contribution in [0.25, 0.3) is 0 Å². The van der Waals surface area contributed by atoms with Crippen molar-refractivity contribution in [3.8, 4) is 0 Å². The summed E-state index contributed by atoms with van der Waals surface area (Å²) in [5, 5.41) is 0. The van der Waals surface area contributed by atoms with E-state index in [-0.39, 0.29) is 5.92 Å². The minimum Gasteiger partial charge on any atom is -0.102 e. The fourth-order valence-corrected chi connectivity index (χ4v) is 1.40. The highest BCUT2D eigenvalue weighted by Gasteiger charge is 2.00. The van der Waals surface area contributed by atoms with Crippen molar-refractivity contribution in [3.63, 3.8) is 0 Å². The van der Waals surface area contributed by atoms with Crippen LogP contribution in [0.15, 0.2) is 36.9 Å². The third-order valence-electron chi connectivity index (χ3n) is 2.20. The summed E-state index contributed by atoms with van der Waals surface area (Å²) in [4.78, 5) is 0. The van der Waals surface area contributed by atoms with Crippen LogP contribution in [0.2, 0.25) is 0 Å². The van der Waals surface area contributed by atoms with Gasteiger partial charge in [-0.25, -0.2) is 0 Å². The van der Waals surface area contributed by atoms with E-state index in [0.717, 1.165) is 6.42 Å². The molecule has 0 aromatic heterocycles. The second-order valence-electron chi connectivity index (χ2n) is 3.34. The predicted octanol–water partition coefficient (Wildman–Crippen LogP) is 3.74. The Bertz CT molecular complexity index is 273. The minimum atomic E-state index is 0.219. The molecule has 0 aliphatic heterocycles. The molecule has 0 spiro atoms. The lowest BCUT2D eigenvalue weighted by Gasteiger charge is -2.07. The van der Waals surface area contributed by atoms with Crippen molar-refractivity contribution in [1.29, 1.82) is 0 Å². The summed E-state index contributed by atoms with van der Waals surface area (Å²) in [6.45, 7) is 9.96. The molecule has 1 atom stereocenters. The maximum atomic E-state index is 4.01. The van der Waals surface area contributed by atoms with Gasteiger partial charge in [0.05, 0.1) is 0 Å². The summed E-state index contributed by atoms with van der Waals surface area (Å²) < 4.78 is 0. The minimum absolute atomic E-state index is 0.219. The Labute approximate surface area is 81.3 Å². The zero-order valence-electron chi connectivity index (χ0n) is 8.29. The molecule has 1 aromatic rings. The molecule has 0 saturated carbocycles. The van der Waals surface area contributed by atoms with Crippen LogP contribution in [0.3, 0.4) is 0 Å². The van der Waals surface area contributed by atoms with Crippen molar-refractivity contribution in [1.82, 2.24) is 0 Å². The van der Waals surface area contributed by atoms with Crippen molar-refractivity contribution in [2.24, 2.45) is 0 Å². The predicted molar refractivity (Wildman–Crippen MR) is 58.7 cm³/mol. The van der Waals surface area contributed by atoms with Gasteiger partial charge in [0.25, 0.3) is 0 Å². The summed E-state index contributed by atoms with van der Waals surface area (Å²) in [5.74, 6) is 0.219. The van der Waals surface area contributed by atoms with Crippen LogP contribution >= 0.6 is 0 Å². The summed E-state index contributed by atoms with van der Waals surface area (Å²) in [6, 6.07) is 8.60. The van der Waals surface area contributed by atoms with Gasteiger partial charge in [-0.2, -0.15) is 0 Å². The first-order chi connectivity index (χ1) is 6.27. The zero-order valence-corrected chi connectivity index (χ0v) is 8.29. The first-order valence-electron chi connectivity index (χ1n) is 4.82. The number of hydrogen-bond donors (Lipinski definition) is 0. The Hall–Kier alpha value is -1.04. The smallest absolute Gasteiger partial charge is 0.00157 e. The lowest BCUT2D eigenvalue weighted by Crippen LogP contribution is -1.91. The molecule has 1 rings (SSSR count). The van der Waals surface area contributed by atoms with Crippen LogP contribution < -0.4 is 0 Å². The SMILES string of the molecule is [CH2]C(C=C)c1cccc(CCC)c1. The Kier molecular flexibility index (Phi) is 3.75. The topological polar surface area (TPSA) is 0 Å². The summed E-state index contributed by atoms with van der Waals surface area (Å²) in [6.07, 6.45) is 4.22. The third kappa shape index (κ3) is 2.73. The monoisotopic (exact) mass is 173 g/mol. The second-order valence-corrected chi connectivity index (χ2v) is 3.34. The summed E-state index contributed by atoms with van der Waals surface area (Å²) >= 11 is 0. The lowest BCUT2D eigenvalue weighted by atomic mass is 9.98. The van der Waals surface area contributed by atoms with E-state index < -0.39 is 0 Å². The van der Waals surface area contributed by atoms with Gasteiger partial charge in [-0.15, -0.1) is 6.58 Å². The van der Waals surface area contributed by atoms with E-state index in [1.54, 1.807) is 0 Å². The molecule has 0 aliphatic carbocycles. The molecule has 0 saturated heterocycles. The summed E-state index contributed by atoms with van der Waals surface area (Å²) in [7, 11) is 0. The van der Waals surface area contributed by atoms with Gasteiger partial charge < -0.3 is 0 Å². The maximum absolute atomic E-state index is 4.01. The van der Waals surface area contributed by atoms with E-state index in [2.05, 4.69) is 44.7 Å². The first-order valence-corrected chi connectivity index (χ1v) is 4.82. The maximum Gasteiger partial charge on any atom is 0.00157 e. The molecule has 0 nitrogen and oxygen atoms in total. The molecule has 1 aromatic carbocycles. The fraction of sp³-hybridized carbons (Fsp3) is 0.308. The number of benzene rings is 1. The summed E-state index contributed by atoms with van der Waals surface area (Å²) in [5.41, 5.74) is 2.66. The van der Waals surface area contributed by atoms with Gasteiger partial charge in [0.2, 0.25) is 0 Å². The Morgan fingerprint density at radius 2 is 2.23 bits per heavy atom. The molecule has 1 unspecified atom stereocenters. The Morgan fingerprint density at radius 3 is 2.85 bits per heavy atom. The van der Waals surface area contributed by atoms with Crippen molar-refractivity contribution >= 4 is 0 Å². The van der Waals surface area contributed by atoms with Crippen LogP contribution in [-0.4, -0.2) is 0 Å². The normalized spacial score (nSPS) is 12.5. The van der Waals surface area contributed by atoms with Crippen molar-refractivity contribution in [2.45, 2.75) is 25.7 Å². The largest absolute Gasteiger partial charge is 0.102 e.